The number of benzene rings is 3. The van der Waals surface area contributed by atoms with Crippen LogP contribution in [-0.4, -0.2) is 10.9 Å². The topological polar surface area (TPSA) is 51.2 Å². The lowest BCUT2D eigenvalue weighted by molar-refractivity contribution is -0.116. The van der Waals surface area contributed by atoms with E-state index in [1.165, 1.54) is 11.6 Å². The fourth-order valence-electron chi connectivity index (χ4n) is 3.15. The molecule has 0 saturated carbocycles. The minimum Gasteiger partial charge on any atom is -0.489 e. The Morgan fingerprint density at radius 3 is 2.53 bits per heavy atom. The van der Waals surface area contributed by atoms with Crippen molar-refractivity contribution in [3.8, 4) is 16.3 Å². The van der Waals surface area contributed by atoms with Crippen molar-refractivity contribution in [2.75, 3.05) is 0 Å². The van der Waals surface area contributed by atoms with Gasteiger partial charge in [0, 0.05) is 17.0 Å². The zero-order valence-electron chi connectivity index (χ0n) is 17.8. The van der Waals surface area contributed by atoms with E-state index < -0.39 is 0 Å². The molecule has 0 fully saturated rings. The second-order valence-corrected chi connectivity index (χ2v) is 8.21. The summed E-state index contributed by atoms with van der Waals surface area (Å²) >= 11 is 1.59. The van der Waals surface area contributed by atoms with E-state index in [0.717, 1.165) is 33.1 Å². The van der Waals surface area contributed by atoms with E-state index in [2.05, 4.69) is 29.4 Å². The highest BCUT2D eigenvalue weighted by atomic mass is 32.1. The van der Waals surface area contributed by atoms with E-state index in [1.54, 1.807) is 17.4 Å². The van der Waals surface area contributed by atoms with Gasteiger partial charge in [0.05, 0.1) is 12.2 Å². The zero-order chi connectivity index (χ0) is 22.2. The van der Waals surface area contributed by atoms with Gasteiger partial charge in [0.2, 0.25) is 5.91 Å². The van der Waals surface area contributed by atoms with Crippen molar-refractivity contribution in [2.45, 2.75) is 20.1 Å². The Kier molecular flexibility index (Phi) is 7.10. The number of carbonyl (C=O) groups is 1. The highest BCUT2D eigenvalue weighted by Gasteiger charge is 2.07. The van der Waals surface area contributed by atoms with Crippen molar-refractivity contribution >= 4 is 23.3 Å². The molecule has 0 radical (unpaired) electrons. The molecular formula is C27H24N2O2S. The van der Waals surface area contributed by atoms with Crippen molar-refractivity contribution < 1.29 is 9.53 Å². The summed E-state index contributed by atoms with van der Waals surface area (Å²) in [5, 5.41) is 5.85. The molecule has 0 aliphatic rings. The van der Waals surface area contributed by atoms with Gasteiger partial charge in [-0.15, -0.1) is 11.3 Å². The number of aryl methyl sites for hydroxylation is 1. The highest BCUT2D eigenvalue weighted by molar-refractivity contribution is 7.13. The predicted octanol–water partition coefficient (Wildman–Crippen LogP) is 6.03. The predicted molar refractivity (Wildman–Crippen MR) is 130 cm³/mol. The largest absolute Gasteiger partial charge is 0.489 e. The molecule has 1 amide bonds. The molecule has 160 valence electrons. The number of ether oxygens (including phenoxy) is 1. The van der Waals surface area contributed by atoms with Crippen LogP contribution in [0.5, 0.6) is 5.75 Å². The van der Waals surface area contributed by atoms with Gasteiger partial charge in [-0.1, -0.05) is 66.7 Å². The van der Waals surface area contributed by atoms with E-state index in [-0.39, 0.29) is 5.91 Å². The first-order valence-electron chi connectivity index (χ1n) is 10.4. The number of nitrogens with one attached hydrogen (secondary N) is 1. The molecule has 0 spiro atoms. The van der Waals surface area contributed by atoms with Crippen LogP contribution in [0, 0.1) is 6.92 Å². The van der Waals surface area contributed by atoms with Crippen LogP contribution in [0.15, 0.2) is 90.3 Å². The van der Waals surface area contributed by atoms with E-state index in [9.17, 15) is 4.79 Å². The number of rotatable bonds is 8. The van der Waals surface area contributed by atoms with E-state index in [1.807, 2.05) is 72.1 Å². The summed E-state index contributed by atoms with van der Waals surface area (Å²) in [5.74, 6) is 0.642. The minimum absolute atomic E-state index is 0.153. The first kappa shape index (κ1) is 21.5. The van der Waals surface area contributed by atoms with Crippen LogP contribution < -0.4 is 10.1 Å². The third-order valence-electron chi connectivity index (χ3n) is 4.93. The lowest BCUT2D eigenvalue weighted by Gasteiger charge is -2.06. The molecule has 1 heterocycles. The lowest BCUT2D eigenvalue weighted by Crippen LogP contribution is -2.20. The highest BCUT2D eigenvalue weighted by Crippen LogP contribution is 2.26. The van der Waals surface area contributed by atoms with Crippen LogP contribution in [0.2, 0.25) is 0 Å². The second kappa shape index (κ2) is 10.6. The van der Waals surface area contributed by atoms with Gasteiger partial charge >= 0.3 is 0 Å². The summed E-state index contributed by atoms with van der Waals surface area (Å²) in [5.41, 5.74) is 5.24. The lowest BCUT2D eigenvalue weighted by atomic mass is 10.1. The molecule has 0 aliphatic carbocycles. The van der Waals surface area contributed by atoms with Gasteiger partial charge in [0.1, 0.15) is 17.4 Å². The van der Waals surface area contributed by atoms with Gasteiger partial charge in [-0.05, 0) is 41.8 Å². The maximum absolute atomic E-state index is 12.2. The molecule has 4 nitrogen and oxygen atoms in total. The van der Waals surface area contributed by atoms with E-state index in [0.29, 0.717) is 13.2 Å². The number of carbonyl (C=O) groups excluding carboxylic acids is 1. The Balaban J connectivity index is 1.26. The summed E-state index contributed by atoms with van der Waals surface area (Å²) in [6.07, 6.45) is 3.32. The van der Waals surface area contributed by atoms with Crippen LogP contribution in [0.3, 0.4) is 0 Å². The number of hydrogen-bond acceptors (Lipinski definition) is 4. The molecule has 1 aromatic heterocycles. The second-order valence-electron chi connectivity index (χ2n) is 7.35. The first-order chi connectivity index (χ1) is 15.7. The SMILES string of the molecule is Cc1ccccc1-c1nc(CNC(=O)/C=C/c2ccc(OCc3ccccc3)cc2)cs1. The van der Waals surface area contributed by atoms with E-state index >= 15 is 0 Å². The Morgan fingerprint density at radius 2 is 1.75 bits per heavy atom. The minimum atomic E-state index is -0.153. The number of hydrogen-bond donors (Lipinski definition) is 1. The Hall–Kier alpha value is -3.70. The van der Waals surface area contributed by atoms with Crippen LogP contribution in [0.4, 0.5) is 0 Å². The molecule has 0 atom stereocenters. The van der Waals surface area contributed by atoms with E-state index in [4.69, 9.17) is 4.74 Å². The Morgan fingerprint density at radius 1 is 1.00 bits per heavy atom. The molecule has 32 heavy (non-hydrogen) atoms. The van der Waals surface area contributed by atoms with Crippen molar-refractivity contribution in [1.82, 2.24) is 10.3 Å². The molecule has 3 aromatic carbocycles. The smallest absolute Gasteiger partial charge is 0.244 e. The van der Waals surface area contributed by atoms with Crippen molar-refractivity contribution in [2.24, 2.45) is 0 Å². The molecule has 1 N–H and O–H groups in total. The fourth-order valence-corrected chi connectivity index (χ4v) is 4.06. The Bertz CT molecular complexity index is 1200. The van der Waals surface area contributed by atoms with Gasteiger partial charge in [-0.2, -0.15) is 0 Å². The molecule has 0 saturated heterocycles. The van der Waals surface area contributed by atoms with Gasteiger partial charge in [0.15, 0.2) is 0 Å². The fraction of sp³-hybridized carbons (Fsp3) is 0.111. The van der Waals surface area contributed by atoms with Crippen LogP contribution in [0.1, 0.15) is 22.4 Å². The molecule has 0 aliphatic heterocycles. The van der Waals surface area contributed by atoms with Crippen LogP contribution in [0.25, 0.3) is 16.6 Å². The molecular weight excluding hydrogens is 416 g/mol. The summed E-state index contributed by atoms with van der Waals surface area (Å²) in [6, 6.07) is 25.9. The number of amides is 1. The molecule has 4 rings (SSSR count). The summed E-state index contributed by atoms with van der Waals surface area (Å²) in [6.45, 7) is 3.00. The number of nitrogens with zero attached hydrogens (tertiary/aromatic N) is 1. The van der Waals surface area contributed by atoms with Crippen molar-refractivity contribution in [3.63, 3.8) is 0 Å². The monoisotopic (exact) mass is 440 g/mol. The molecule has 0 bridgehead atoms. The molecule has 5 heteroatoms. The summed E-state index contributed by atoms with van der Waals surface area (Å²) in [7, 11) is 0. The van der Waals surface area contributed by atoms with Crippen molar-refractivity contribution in [1.29, 1.82) is 0 Å². The van der Waals surface area contributed by atoms with Gasteiger partial charge < -0.3 is 10.1 Å². The van der Waals surface area contributed by atoms with Crippen molar-refractivity contribution in [3.05, 3.63) is 113 Å². The van der Waals surface area contributed by atoms with Crippen LogP contribution in [-0.2, 0) is 17.9 Å². The van der Waals surface area contributed by atoms with Gasteiger partial charge in [0.25, 0.3) is 0 Å². The average molecular weight is 441 g/mol. The van der Waals surface area contributed by atoms with Crippen LogP contribution >= 0.6 is 11.3 Å². The summed E-state index contributed by atoms with van der Waals surface area (Å²) in [4.78, 5) is 16.8. The quantitative estimate of drug-likeness (QED) is 0.341. The molecule has 4 aromatic rings. The number of aromatic nitrogens is 1. The maximum atomic E-state index is 12.2. The normalized spacial score (nSPS) is 10.9. The third kappa shape index (κ3) is 5.93. The third-order valence-corrected chi connectivity index (χ3v) is 5.85. The average Bonchev–Trinajstić information content (AvgIpc) is 3.30. The number of thiazole rings is 1. The first-order valence-corrected chi connectivity index (χ1v) is 11.3. The molecule has 0 unspecified atom stereocenters. The zero-order valence-corrected chi connectivity index (χ0v) is 18.6. The summed E-state index contributed by atoms with van der Waals surface area (Å²) < 4.78 is 5.79. The standard InChI is InChI=1S/C27H24N2O2S/c1-20-7-5-6-10-25(20)27-29-23(19-32-27)17-28-26(30)16-13-21-11-14-24(15-12-21)31-18-22-8-3-2-4-9-22/h2-16,19H,17-18H2,1H3,(H,28,30)/b16-13+. The van der Waals surface area contributed by atoms with Gasteiger partial charge in [-0.25, -0.2) is 4.98 Å². The maximum Gasteiger partial charge on any atom is 0.244 e. The Labute approximate surface area is 192 Å². The van der Waals surface area contributed by atoms with Gasteiger partial charge in [-0.3, -0.25) is 4.79 Å².